The molecule has 0 heterocycles. The number of nitrogens with one attached hydrogen (secondary N) is 3. The Balaban J connectivity index is 5.09. The van der Waals surface area contributed by atoms with E-state index < -0.39 is 60.2 Å². The van der Waals surface area contributed by atoms with Gasteiger partial charge in [-0.05, 0) is 58.5 Å². The summed E-state index contributed by atoms with van der Waals surface area (Å²) in [5.41, 5.74) is 16.3. The lowest BCUT2D eigenvalue weighted by atomic mass is 10.1. The van der Waals surface area contributed by atoms with Crippen molar-refractivity contribution in [1.29, 1.82) is 0 Å². The van der Waals surface area contributed by atoms with Crippen molar-refractivity contribution >= 4 is 29.7 Å². The van der Waals surface area contributed by atoms with E-state index >= 15 is 0 Å². The maximum absolute atomic E-state index is 12.7. The number of unbranched alkanes of at least 4 members (excludes halogenated alkanes) is 2. The van der Waals surface area contributed by atoms with Crippen molar-refractivity contribution in [3.05, 3.63) is 0 Å². The van der Waals surface area contributed by atoms with Gasteiger partial charge in [0.25, 0.3) is 0 Å². The van der Waals surface area contributed by atoms with Crippen molar-refractivity contribution in [2.24, 2.45) is 17.2 Å². The molecule has 0 bridgehead atoms. The predicted octanol–water partition coefficient (Wildman–Crippen LogP) is -2.39. The average molecular weight is 461 g/mol. The second-order valence-electron chi connectivity index (χ2n) is 7.46. The summed E-state index contributed by atoms with van der Waals surface area (Å²) in [6.45, 7) is 2.13. The van der Waals surface area contributed by atoms with Crippen LogP contribution < -0.4 is 33.2 Å². The SMILES string of the molecule is CC(NC(=O)C(N)CC(=O)O)C(=O)NC(CCCCN)C(=O)NC(CCCCN)C(=O)O. The Labute approximate surface area is 186 Å². The van der Waals surface area contributed by atoms with Gasteiger partial charge in [-0.1, -0.05) is 0 Å². The summed E-state index contributed by atoms with van der Waals surface area (Å²) in [5.74, 6) is -4.67. The molecule has 0 rings (SSSR count). The molecule has 0 saturated heterocycles. The van der Waals surface area contributed by atoms with Crippen molar-refractivity contribution in [1.82, 2.24) is 16.0 Å². The van der Waals surface area contributed by atoms with Crippen LogP contribution in [0.4, 0.5) is 0 Å². The van der Waals surface area contributed by atoms with E-state index in [0.717, 1.165) is 0 Å². The van der Waals surface area contributed by atoms with Gasteiger partial charge in [0, 0.05) is 0 Å². The highest BCUT2D eigenvalue weighted by molar-refractivity contribution is 5.94. The van der Waals surface area contributed by atoms with Crippen LogP contribution in [0.5, 0.6) is 0 Å². The number of hydrogen-bond donors (Lipinski definition) is 8. The molecular weight excluding hydrogens is 424 g/mol. The van der Waals surface area contributed by atoms with E-state index in [9.17, 15) is 29.1 Å². The fourth-order valence-corrected chi connectivity index (χ4v) is 2.75. The lowest BCUT2D eigenvalue weighted by Gasteiger charge is -2.23. The minimum absolute atomic E-state index is 0.190. The zero-order valence-corrected chi connectivity index (χ0v) is 18.3. The molecule has 0 aromatic heterocycles. The van der Waals surface area contributed by atoms with Crippen LogP contribution in [0.1, 0.15) is 51.9 Å². The van der Waals surface area contributed by atoms with Crippen molar-refractivity contribution in [3.63, 3.8) is 0 Å². The molecule has 0 spiro atoms. The Morgan fingerprint density at radius 2 is 1.25 bits per heavy atom. The molecule has 0 aromatic carbocycles. The van der Waals surface area contributed by atoms with Crippen molar-refractivity contribution in [3.8, 4) is 0 Å². The minimum atomic E-state index is -1.34. The van der Waals surface area contributed by atoms with E-state index in [1.165, 1.54) is 6.92 Å². The maximum atomic E-state index is 12.7. The summed E-state index contributed by atoms with van der Waals surface area (Å²) in [4.78, 5) is 59.2. The number of amides is 3. The predicted molar refractivity (Wildman–Crippen MR) is 115 cm³/mol. The standard InChI is InChI=1S/C19H36N6O7/c1-11(23-17(29)12(22)10-15(26)27)16(28)24-13(6-2-4-8-20)18(30)25-14(19(31)32)7-3-5-9-21/h11-14H,2-10,20-22H2,1H3,(H,23,29)(H,24,28)(H,25,30)(H,26,27)(H,31,32). The van der Waals surface area contributed by atoms with E-state index in [2.05, 4.69) is 16.0 Å². The molecule has 0 aliphatic heterocycles. The van der Waals surface area contributed by atoms with Gasteiger partial charge in [-0.3, -0.25) is 19.2 Å². The van der Waals surface area contributed by atoms with Crippen LogP contribution in [-0.2, 0) is 24.0 Å². The lowest BCUT2D eigenvalue weighted by Crippen LogP contribution is -2.56. The van der Waals surface area contributed by atoms with Gasteiger partial charge in [0.05, 0.1) is 12.5 Å². The summed E-state index contributed by atoms with van der Waals surface area (Å²) in [7, 11) is 0. The van der Waals surface area contributed by atoms with Gasteiger partial charge in [-0.15, -0.1) is 0 Å². The van der Waals surface area contributed by atoms with Crippen LogP contribution in [0.25, 0.3) is 0 Å². The summed E-state index contributed by atoms with van der Waals surface area (Å²) in [6.07, 6.45) is 2.01. The lowest BCUT2D eigenvalue weighted by molar-refractivity contribution is -0.142. The van der Waals surface area contributed by atoms with Crippen molar-refractivity contribution < 1.29 is 34.2 Å². The average Bonchev–Trinajstić information content (AvgIpc) is 2.71. The number of carbonyl (C=O) groups is 5. The first-order valence-electron chi connectivity index (χ1n) is 10.5. The highest BCUT2D eigenvalue weighted by atomic mass is 16.4. The van der Waals surface area contributed by atoms with Gasteiger partial charge in [0.1, 0.15) is 18.1 Å². The minimum Gasteiger partial charge on any atom is -0.481 e. The number of aliphatic carboxylic acids is 2. The highest BCUT2D eigenvalue weighted by Crippen LogP contribution is 2.06. The van der Waals surface area contributed by atoms with Gasteiger partial charge in [0.15, 0.2) is 0 Å². The quantitative estimate of drug-likeness (QED) is 0.107. The Morgan fingerprint density at radius 1 is 0.750 bits per heavy atom. The molecule has 0 aliphatic carbocycles. The zero-order valence-electron chi connectivity index (χ0n) is 18.3. The molecule has 4 unspecified atom stereocenters. The van der Waals surface area contributed by atoms with Gasteiger partial charge in [-0.2, -0.15) is 0 Å². The Kier molecular flexibility index (Phi) is 14.6. The molecule has 0 saturated carbocycles. The van der Waals surface area contributed by atoms with Crippen LogP contribution in [0, 0.1) is 0 Å². The summed E-state index contributed by atoms with van der Waals surface area (Å²) in [5, 5.41) is 25.3. The van der Waals surface area contributed by atoms with Crippen molar-refractivity contribution in [2.75, 3.05) is 13.1 Å². The molecule has 11 N–H and O–H groups in total. The molecule has 13 nitrogen and oxygen atoms in total. The molecule has 0 fully saturated rings. The normalized spacial score (nSPS) is 14.5. The Bertz CT molecular complexity index is 646. The van der Waals surface area contributed by atoms with Crippen LogP contribution in [0.15, 0.2) is 0 Å². The van der Waals surface area contributed by atoms with Crippen LogP contribution in [0.3, 0.4) is 0 Å². The van der Waals surface area contributed by atoms with Gasteiger partial charge in [0.2, 0.25) is 17.7 Å². The van der Waals surface area contributed by atoms with Crippen LogP contribution >= 0.6 is 0 Å². The first-order chi connectivity index (χ1) is 15.0. The number of nitrogens with two attached hydrogens (primary N) is 3. The highest BCUT2D eigenvalue weighted by Gasteiger charge is 2.28. The third kappa shape index (κ3) is 12.2. The topological polar surface area (TPSA) is 240 Å². The first kappa shape index (κ1) is 29.2. The third-order valence-corrected chi connectivity index (χ3v) is 4.62. The largest absolute Gasteiger partial charge is 0.481 e. The Morgan fingerprint density at radius 3 is 1.72 bits per heavy atom. The molecule has 0 radical (unpaired) electrons. The second-order valence-corrected chi connectivity index (χ2v) is 7.46. The molecule has 3 amide bonds. The number of carboxylic acids is 2. The van der Waals surface area contributed by atoms with Gasteiger partial charge >= 0.3 is 11.9 Å². The van der Waals surface area contributed by atoms with E-state index in [0.29, 0.717) is 38.8 Å². The second kappa shape index (κ2) is 15.9. The van der Waals surface area contributed by atoms with Crippen LogP contribution in [-0.4, -0.2) is 77.1 Å². The number of hydrogen-bond acceptors (Lipinski definition) is 8. The van der Waals surface area contributed by atoms with Gasteiger partial charge < -0.3 is 43.4 Å². The third-order valence-electron chi connectivity index (χ3n) is 4.62. The molecule has 4 atom stereocenters. The van der Waals surface area contributed by atoms with E-state index in [-0.39, 0.29) is 12.8 Å². The molecular formula is C19H36N6O7. The van der Waals surface area contributed by atoms with Gasteiger partial charge in [-0.25, -0.2) is 4.79 Å². The van der Waals surface area contributed by atoms with E-state index in [1.54, 1.807) is 0 Å². The fourth-order valence-electron chi connectivity index (χ4n) is 2.75. The summed E-state index contributed by atoms with van der Waals surface area (Å²) >= 11 is 0. The molecule has 13 heteroatoms. The van der Waals surface area contributed by atoms with E-state index in [1.807, 2.05) is 0 Å². The molecule has 32 heavy (non-hydrogen) atoms. The Hall–Kier alpha value is -2.77. The number of rotatable bonds is 17. The summed E-state index contributed by atoms with van der Waals surface area (Å²) in [6, 6.07) is -4.62. The maximum Gasteiger partial charge on any atom is 0.326 e. The van der Waals surface area contributed by atoms with Crippen LogP contribution in [0.2, 0.25) is 0 Å². The molecule has 0 aliphatic rings. The molecule has 0 aromatic rings. The summed E-state index contributed by atoms with van der Waals surface area (Å²) < 4.78 is 0. The first-order valence-corrected chi connectivity index (χ1v) is 10.5. The molecule has 184 valence electrons. The number of carbonyl (C=O) groups excluding carboxylic acids is 3. The zero-order chi connectivity index (χ0) is 24.7. The monoisotopic (exact) mass is 460 g/mol. The number of carboxylic acid groups (broad SMARTS) is 2. The smallest absolute Gasteiger partial charge is 0.326 e. The van der Waals surface area contributed by atoms with Crippen molar-refractivity contribution in [2.45, 2.75) is 76.0 Å². The fraction of sp³-hybridized carbons (Fsp3) is 0.737. The van der Waals surface area contributed by atoms with E-state index in [4.69, 9.17) is 22.3 Å².